The van der Waals surface area contributed by atoms with Crippen LogP contribution in [0.2, 0.25) is 0 Å². The number of rotatable bonds is 4. The minimum absolute atomic E-state index is 0. The van der Waals surface area contributed by atoms with Crippen molar-refractivity contribution in [1.29, 1.82) is 0 Å². The summed E-state index contributed by atoms with van der Waals surface area (Å²) in [5.74, 6) is -0.257. The largest absolute Gasteiger partial charge is 0.381 e. The molecule has 2 fully saturated rings. The summed E-state index contributed by atoms with van der Waals surface area (Å²) < 4.78 is 5.40. The minimum atomic E-state index is -0.455. The van der Waals surface area contributed by atoms with Gasteiger partial charge in [0, 0.05) is 57.2 Å². The summed E-state index contributed by atoms with van der Waals surface area (Å²) in [4.78, 5) is 28.3. The molecule has 2 heterocycles. The van der Waals surface area contributed by atoms with Crippen molar-refractivity contribution in [3.05, 3.63) is 29.8 Å². The van der Waals surface area contributed by atoms with Crippen molar-refractivity contribution in [3.63, 3.8) is 0 Å². The Labute approximate surface area is 172 Å². The van der Waals surface area contributed by atoms with Crippen LogP contribution in [-0.4, -0.2) is 62.7 Å². The van der Waals surface area contributed by atoms with E-state index in [4.69, 9.17) is 16.2 Å². The first-order valence-corrected chi connectivity index (χ1v) is 8.78. The average molecular weight is 419 g/mol. The SMILES string of the molecule is Cl.Cl.NCC1(C(=O)N2CCN(c3ccc(C(N)=O)cc3)CC2)CCOCC1. The van der Waals surface area contributed by atoms with Gasteiger partial charge >= 0.3 is 0 Å². The minimum Gasteiger partial charge on any atom is -0.381 e. The molecule has 0 spiro atoms. The third-order valence-electron chi connectivity index (χ3n) is 5.38. The monoisotopic (exact) mass is 418 g/mol. The molecule has 152 valence electrons. The number of nitrogens with zero attached hydrogens (tertiary/aromatic N) is 2. The lowest BCUT2D eigenvalue weighted by Gasteiger charge is -2.42. The van der Waals surface area contributed by atoms with Crippen LogP contribution in [0.4, 0.5) is 5.69 Å². The number of piperazine rings is 1. The third-order valence-corrected chi connectivity index (χ3v) is 5.38. The molecule has 2 aliphatic rings. The fraction of sp³-hybridized carbons (Fsp3) is 0.556. The third kappa shape index (κ3) is 5.04. The second-order valence-electron chi connectivity index (χ2n) is 6.79. The molecule has 0 aromatic heterocycles. The van der Waals surface area contributed by atoms with Crippen LogP contribution < -0.4 is 16.4 Å². The van der Waals surface area contributed by atoms with Gasteiger partial charge in [-0.3, -0.25) is 9.59 Å². The topological polar surface area (TPSA) is 102 Å². The zero-order chi connectivity index (χ0) is 17.9. The summed E-state index contributed by atoms with van der Waals surface area (Å²) >= 11 is 0. The lowest BCUT2D eigenvalue weighted by atomic mass is 9.78. The van der Waals surface area contributed by atoms with Crippen molar-refractivity contribution in [1.82, 2.24) is 4.90 Å². The molecule has 0 bridgehead atoms. The number of halogens is 2. The molecule has 2 saturated heterocycles. The molecule has 2 amide bonds. The Morgan fingerprint density at radius 3 is 2.04 bits per heavy atom. The molecule has 0 unspecified atom stereocenters. The van der Waals surface area contributed by atoms with E-state index >= 15 is 0 Å². The molecule has 2 aliphatic heterocycles. The van der Waals surface area contributed by atoms with Crippen LogP contribution in [0.1, 0.15) is 23.2 Å². The van der Waals surface area contributed by atoms with E-state index in [0.717, 1.165) is 18.8 Å². The predicted molar refractivity (Wildman–Crippen MR) is 110 cm³/mol. The van der Waals surface area contributed by atoms with E-state index in [2.05, 4.69) is 4.90 Å². The molecule has 1 aromatic carbocycles. The number of hydrogen-bond donors (Lipinski definition) is 2. The van der Waals surface area contributed by atoms with Gasteiger partial charge in [-0.1, -0.05) is 0 Å². The standard InChI is InChI=1S/C18H26N4O3.2ClH/c19-13-18(5-11-25-12-6-18)17(24)22-9-7-21(8-10-22)15-3-1-14(2-4-15)16(20)23;;/h1-4H,5-13,19H2,(H2,20,23);2*1H. The molecule has 4 N–H and O–H groups in total. The van der Waals surface area contributed by atoms with E-state index in [-0.39, 0.29) is 30.7 Å². The maximum atomic E-state index is 13.0. The van der Waals surface area contributed by atoms with Gasteiger partial charge in [0.15, 0.2) is 0 Å². The van der Waals surface area contributed by atoms with Crippen molar-refractivity contribution in [3.8, 4) is 0 Å². The van der Waals surface area contributed by atoms with E-state index < -0.39 is 11.3 Å². The van der Waals surface area contributed by atoms with Crippen LogP contribution in [0.15, 0.2) is 24.3 Å². The van der Waals surface area contributed by atoms with Gasteiger partial charge in [0.25, 0.3) is 0 Å². The average Bonchev–Trinajstić information content (AvgIpc) is 2.68. The summed E-state index contributed by atoms with van der Waals surface area (Å²) in [7, 11) is 0. The summed E-state index contributed by atoms with van der Waals surface area (Å²) in [6.07, 6.45) is 1.41. The van der Waals surface area contributed by atoms with Gasteiger partial charge in [0.2, 0.25) is 11.8 Å². The second-order valence-corrected chi connectivity index (χ2v) is 6.79. The second kappa shape index (κ2) is 10.1. The van der Waals surface area contributed by atoms with Crippen molar-refractivity contribution in [2.24, 2.45) is 16.9 Å². The Bertz CT molecular complexity index is 628. The van der Waals surface area contributed by atoms with Crippen molar-refractivity contribution >= 4 is 42.3 Å². The van der Waals surface area contributed by atoms with Crippen molar-refractivity contribution in [2.75, 3.05) is 50.8 Å². The molecule has 0 saturated carbocycles. The zero-order valence-corrected chi connectivity index (χ0v) is 16.9. The first-order chi connectivity index (χ1) is 12.1. The molecule has 1 aromatic rings. The number of benzene rings is 1. The van der Waals surface area contributed by atoms with Crippen LogP contribution >= 0.6 is 24.8 Å². The van der Waals surface area contributed by atoms with Gasteiger partial charge in [-0.15, -0.1) is 24.8 Å². The van der Waals surface area contributed by atoms with Gasteiger partial charge in [0.05, 0.1) is 5.41 Å². The van der Waals surface area contributed by atoms with Gasteiger partial charge in [-0.05, 0) is 37.1 Å². The number of carbonyl (C=O) groups is 2. The number of carbonyl (C=O) groups excluding carboxylic acids is 2. The van der Waals surface area contributed by atoms with Crippen LogP contribution in [0.3, 0.4) is 0 Å². The number of nitrogens with two attached hydrogens (primary N) is 2. The van der Waals surface area contributed by atoms with Gasteiger partial charge in [0.1, 0.15) is 0 Å². The molecule has 3 rings (SSSR count). The lowest BCUT2D eigenvalue weighted by Crippen LogP contribution is -2.56. The quantitative estimate of drug-likeness (QED) is 0.759. The van der Waals surface area contributed by atoms with Gasteiger partial charge < -0.3 is 26.0 Å². The fourth-order valence-electron chi connectivity index (χ4n) is 3.61. The summed E-state index contributed by atoms with van der Waals surface area (Å²) in [6, 6.07) is 7.27. The first kappa shape index (κ1) is 23.5. The Balaban J connectivity index is 0.00000182. The van der Waals surface area contributed by atoms with Crippen LogP contribution in [-0.2, 0) is 9.53 Å². The van der Waals surface area contributed by atoms with E-state index in [0.29, 0.717) is 51.3 Å². The molecular formula is C18H28Cl2N4O3. The Hall–Kier alpha value is -1.54. The van der Waals surface area contributed by atoms with Gasteiger partial charge in [-0.25, -0.2) is 0 Å². The van der Waals surface area contributed by atoms with Crippen LogP contribution in [0.5, 0.6) is 0 Å². The maximum absolute atomic E-state index is 13.0. The molecule has 0 aliphatic carbocycles. The van der Waals surface area contributed by atoms with E-state index in [1.54, 1.807) is 12.1 Å². The predicted octanol–water partition coefficient (Wildman–Crippen LogP) is 1.03. The van der Waals surface area contributed by atoms with Crippen molar-refractivity contribution in [2.45, 2.75) is 12.8 Å². The first-order valence-electron chi connectivity index (χ1n) is 8.78. The highest BCUT2D eigenvalue weighted by Crippen LogP contribution is 2.32. The molecule has 9 heteroatoms. The van der Waals surface area contributed by atoms with Crippen molar-refractivity contribution < 1.29 is 14.3 Å². The molecule has 7 nitrogen and oxygen atoms in total. The number of hydrogen-bond acceptors (Lipinski definition) is 5. The highest BCUT2D eigenvalue weighted by Gasteiger charge is 2.42. The van der Waals surface area contributed by atoms with Gasteiger partial charge in [-0.2, -0.15) is 0 Å². The zero-order valence-electron chi connectivity index (χ0n) is 15.3. The van der Waals surface area contributed by atoms with Crippen LogP contribution in [0, 0.1) is 5.41 Å². The maximum Gasteiger partial charge on any atom is 0.248 e. The smallest absolute Gasteiger partial charge is 0.248 e. The number of ether oxygens (including phenoxy) is 1. The molecular weight excluding hydrogens is 391 g/mol. The number of amides is 2. The molecule has 0 atom stereocenters. The van der Waals surface area contributed by atoms with Crippen LogP contribution in [0.25, 0.3) is 0 Å². The molecule has 27 heavy (non-hydrogen) atoms. The van der Waals surface area contributed by atoms with E-state index in [9.17, 15) is 9.59 Å². The summed E-state index contributed by atoms with van der Waals surface area (Å²) in [5.41, 5.74) is 12.3. The Morgan fingerprint density at radius 1 is 1.00 bits per heavy atom. The Kier molecular flexibility index (Phi) is 8.81. The lowest BCUT2D eigenvalue weighted by molar-refractivity contribution is -0.147. The van der Waals surface area contributed by atoms with E-state index in [1.165, 1.54) is 0 Å². The van der Waals surface area contributed by atoms with E-state index in [1.807, 2.05) is 17.0 Å². The highest BCUT2D eigenvalue weighted by atomic mass is 35.5. The molecule has 0 radical (unpaired) electrons. The number of anilines is 1. The highest BCUT2D eigenvalue weighted by molar-refractivity contribution is 5.93. The normalized spacial score (nSPS) is 18.9. The number of primary amides is 1. The summed E-state index contributed by atoms with van der Waals surface area (Å²) in [6.45, 7) is 4.48. The summed E-state index contributed by atoms with van der Waals surface area (Å²) in [5, 5.41) is 0. The Morgan fingerprint density at radius 2 is 1.56 bits per heavy atom. The fourth-order valence-corrected chi connectivity index (χ4v) is 3.61.